The normalized spacial score (nSPS) is 10.3. The van der Waals surface area contributed by atoms with Crippen molar-refractivity contribution in [3.05, 3.63) is 28.3 Å². The van der Waals surface area contributed by atoms with Crippen LogP contribution in [0.1, 0.15) is 27.6 Å². The fourth-order valence-electron chi connectivity index (χ4n) is 1.29. The number of ether oxygens (including phenoxy) is 2. The first-order valence-corrected chi connectivity index (χ1v) is 5.28. The van der Waals surface area contributed by atoms with Gasteiger partial charge in [0, 0.05) is 5.02 Å². The number of alkyl halides is 2. The van der Waals surface area contributed by atoms with Gasteiger partial charge >= 0.3 is 12.6 Å². The fourth-order valence-corrected chi connectivity index (χ4v) is 1.49. The molecule has 1 aromatic carbocycles. The van der Waals surface area contributed by atoms with Crippen molar-refractivity contribution in [1.29, 1.82) is 0 Å². The van der Waals surface area contributed by atoms with E-state index in [0.29, 0.717) is 0 Å². The number of hydrogen-bond acceptors (Lipinski definition) is 4. The molecule has 18 heavy (non-hydrogen) atoms. The number of carbonyl (C=O) groups is 2. The summed E-state index contributed by atoms with van der Waals surface area (Å²) in [6.45, 7) is -1.48. The lowest BCUT2D eigenvalue weighted by molar-refractivity contribution is -0.0501. The van der Waals surface area contributed by atoms with E-state index in [1.165, 1.54) is 0 Å². The van der Waals surface area contributed by atoms with Crippen LogP contribution >= 0.6 is 11.6 Å². The van der Waals surface area contributed by atoms with Crippen LogP contribution in [0.3, 0.4) is 0 Å². The van der Waals surface area contributed by atoms with Crippen molar-refractivity contribution in [3.63, 3.8) is 0 Å². The lowest BCUT2D eigenvalue weighted by Crippen LogP contribution is -2.11. The van der Waals surface area contributed by atoms with E-state index >= 15 is 0 Å². The Morgan fingerprint density at radius 3 is 2.67 bits per heavy atom. The number of rotatable bonds is 5. The van der Waals surface area contributed by atoms with Crippen LogP contribution < -0.4 is 4.74 Å². The van der Waals surface area contributed by atoms with Crippen molar-refractivity contribution in [2.75, 3.05) is 6.61 Å². The maximum absolute atomic E-state index is 12.2. The lowest BCUT2D eigenvalue weighted by atomic mass is 10.1. The van der Waals surface area contributed by atoms with Crippen LogP contribution in [0.4, 0.5) is 8.78 Å². The van der Waals surface area contributed by atoms with Crippen LogP contribution in [-0.2, 0) is 4.74 Å². The minimum absolute atomic E-state index is 0.0145. The monoisotopic (exact) mass is 278 g/mol. The van der Waals surface area contributed by atoms with Crippen molar-refractivity contribution in [1.82, 2.24) is 0 Å². The fraction of sp³-hybridized carbons (Fsp3) is 0.273. The SMILES string of the molecule is CCOC(=O)c1cc(Cl)cc(OC(F)F)c1C=O. The van der Waals surface area contributed by atoms with E-state index in [2.05, 4.69) is 9.47 Å². The van der Waals surface area contributed by atoms with E-state index in [4.69, 9.17) is 11.6 Å². The van der Waals surface area contributed by atoms with E-state index < -0.39 is 18.3 Å². The Bertz CT molecular complexity index is 463. The minimum atomic E-state index is -3.13. The standard InChI is InChI=1S/C11H9ClF2O4/c1-2-17-10(16)7-3-6(12)4-9(8(7)5-15)18-11(13)14/h3-5,11H,2H2,1H3. The largest absolute Gasteiger partial charge is 0.462 e. The van der Waals surface area contributed by atoms with Crippen molar-refractivity contribution >= 4 is 23.9 Å². The molecule has 0 N–H and O–H groups in total. The number of esters is 1. The van der Waals surface area contributed by atoms with Crippen LogP contribution in [0.15, 0.2) is 12.1 Å². The highest BCUT2D eigenvalue weighted by Gasteiger charge is 2.20. The van der Waals surface area contributed by atoms with Crippen molar-refractivity contribution in [3.8, 4) is 5.75 Å². The second-order valence-electron chi connectivity index (χ2n) is 3.08. The van der Waals surface area contributed by atoms with Gasteiger partial charge in [-0.25, -0.2) is 4.79 Å². The maximum Gasteiger partial charge on any atom is 0.387 e. The van der Waals surface area contributed by atoms with Crippen molar-refractivity contribution < 1.29 is 27.8 Å². The van der Waals surface area contributed by atoms with Gasteiger partial charge in [0.15, 0.2) is 6.29 Å². The predicted octanol–water partition coefficient (Wildman–Crippen LogP) is 2.93. The Morgan fingerprint density at radius 1 is 1.50 bits per heavy atom. The maximum atomic E-state index is 12.2. The summed E-state index contributed by atoms with van der Waals surface area (Å²) >= 11 is 5.66. The summed E-state index contributed by atoms with van der Waals surface area (Å²) in [5, 5.41) is -0.0145. The second-order valence-corrected chi connectivity index (χ2v) is 3.52. The third-order valence-corrected chi connectivity index (χ3v) is 2.15. The van der Waals surface area contributed by atoms with Gasteiger partial charge in [0.05, 0.1) is 17.7 Å². The molecule has 0 saturated carbocycles. The zero-order valence-corrected chi connectivity index (χ0v) is 10.0. The zero-order valence-electron chi connectivity index (χ0n) is 9.28. The average Bonchev–Trinajstić information content (AvgIpc) is 2.27. The number of benzene rings is 1. The summed E-state index contributed by atoms with van der Waals surface area (Å²) in [7, 11) is 0. The summed E-state index contributed by atoms with van der Waals surface area (Å²) in [5.41, 5.74) is -0.534. The smallest absolute Gasteiger partial charge is 0.387 e. The van der Waals surface area contributed by atoms with Crippen LogP contribution in [0.2, 0.25) is 5.02 Å². The van der Waals surface area contributed by atoms with E-state index in [-0.39, 0.29) is 29.0 Å². The number of halogens is 3. The van der Waals surface area contributed by atoms with Gasteiger partial charge in [-0.05, 0) is 19.1 Å². The Kier molecular flexibility index (Phi) is 5.03. The topological polar surface area (TPSA) is 52.6 Å². The molecule has 0 aromatic heterocycles. The summed E-state index contributed by atoms with van der Waals surface area (Å²) in [6, 6.07) is 2.18. The van der Waals surface area contributed by atoms with Crippen LogP contribution in [0, 0.1) is 0 Å². The third-order valence-electron chi connectivity index (χ3n) is 1.94. The molecule has 0 saturated heterocycles. The molecule has 0 aliphatic heterocycles. The van der Waals surface area contributed by atoms with Crippen LogP contribution in [0.5, 0.6) is 5.75 Å². The van der Waals surface area contributed by atoms with E-state index in [9.17, 15) is 18.4 Å². The van der Waals surface area contributed by atoms with Gasteiger partial charge in [0.2, 0.25) is 0 Å². The Balaban J connectivity index is 3.28. The molecule has 0 spiro atoms. The Morgan fingerprint density at radius 2 is 2.17 bits per heavy atom. The summed E-state index contributed by atoms with van der Waals surface area (Å²) in [4.78, 5) is 22.4. The predicted molar refractivity (Wildman–Crippen MR) is 59.4 cm³/mol. The van der Waals surface area contributed by atoms with Gasteiger partial charge in [-0.15, -0.1) is 0 Å². The van der Waals surface area contributed by atoms with Gasteiger partial charge in [-0.3, -0.25) is 4.79 Å². The Hall–Kier alpha value is -1.69. The van der Waals surface area contributed by atoms with Gasteiger partial charge in [-0.2, -0.15) is 8.78 Å². The molecular formula is C11H9ClF2O4. The lowest BCUT2D eigenvalue weighted by Gasteiger charge is -2.11. The second kappa shape index (κ2) is 6.30. The molecule has 0 unspecified atom stereocenters. The first-order chi connectivity index (χ1) is 8.49. The average molecular weight is 279 g/mol. The van der Waals surface area contributed by atoms with E-state index in [1.807, 2.05) is 0 Å². The molecule has 0 aliphatic rings. The molecule has 0 radical (unpaired) electrons. The molecule has 0 aliphatic carbocycles. The molecule has 0 bridgehead atoms. The highest BCUT2D eigenvalue weighted by Crippen LogP contribution is 2.28. The minimum Gasteiger partial charge on any atom is -0.462 e. The molecule has 1 aromatic rings. The quantitative estimate of drug-likeness (QED) is 0.614. The van der Waals surface area contributed by atoms with E-state index in [0.717, 1.165) is 12.1 Å². The summed E-state index contributed by atoms with van der Waals surface area (Å²) in [6.07, 6.45) is 0.236. The van der Waals surface area contributed by atoms with Crippen LogP contribution in [-0.4, -0.2) is 25.5 Å². The molecular weight excluding hydrogens is 270 g/mol. The van der Waals surface area contributed by atoms with Crippen molar-refractivity contribution in [2.45, 2.75) is 13.5 Å². The first kappa shape index (κ1) is 14.4. The molecule has 4 nitrogen and oxygen atoms in total. The summed E-state index contributed by atoms with van der Waals surface area (Å²) < 4.78 is 33.1. The number of aldehydes is 1. The third kappa shape index (κ3) is 3.40. The zero-order chi connectivity index (χ0) is 13.7. The molecule has 0 amide bonds. The molecule has 7 heteroatoms. The number of carbonyl (C=O) groups excluding carboxylic acids is 2. The molecule has 1 rings (SSSR count). The Labute approximate surface area is 106 Å². The molecule has 98 valence electrons. The van der Waals surface area contributed by atoms with Gasteiger partial charge in [0.1, 0.15) is 5.75 Å². The highest BCUT2D eigenvalue weighted by molar-refractivity contribution is 6.31. The molecule has 0 fully saturated rings. The van der Waals surface area contributed by atoms with E-state index in [1.54, 1.807) is 6.92 Å². The van der Waals surface area contributed by atoms with Crippen molar-refractivity contribution in [2.24, 2.45) is 0 Å². The molecule has 0 heterocycles. The number of hydrogen-bond donors (Lipinski definition) is 0. The highest BCUT2D eigenvalue weighted by atomic mass is 35.5. The molecule has 0 atom stereocenters. The van der Waals surface area contributed by atoms with Gasteiger partial charge < -0.3 is 9.47 Å². The first-order valence-electron chi connectivity index (χ1n) is 4.90. The van der Waals surface area contributed by atoms with Gasteiger partial charge in [0.25, 0.3) is 0 Å². The summed E-state index contributed by atoms with van der Waals surface area (Å²) in [5.74, 6) is -1.29. The van der Waals surface area contributed by atoms with Gasteiger partial charge in [-0.1, -0.05) is 11.6 Å². The van der Waals surface area contributed by atoms with Crippen LogP contribution in [0.25, 0.3) is 0 Å².